The first-order valence-corrected chi connectivity index (χ1v) is 10.6. The van der Waals surface area contributed by atoms with Crippen LogP contribution in [-0.4, -0.2) is 47.4 Å². The molecular formula is C24H24N4O4. The number of oxazole rings is 1. The number of aromatic nitrogens is 1. The Balaban J connectivity index is 1.34. The molecule has 0 aliphatic carbocycles. The minimum absolute atomic E-state index is 0.0390. The quantitative estimate of drug-likeness (QED) is 0.400. The maximum Gasteiger partial charge on any atom is 0.324 e. The molecule has 1 fully saturated rings. The normalized spacial score (nSPS) is 13.3. The summed E-state index contributed by atoms with van der Waals surface area (Å²) in [4.78, 5) is 41.1. The van der Waals surface area contributed by atoms with Gasteiger partial charge in [0, 0.05) is 37.1 Å². The second kappa shape index (κ2) is 9.91. The van der Waals surface area contributed by atoms with Crippen LogP contribution in [0, 0.1) is 0 Å². The summed E-state index contributed by atoms with van der Waals surface area (Å²) in [6.07, 6.45) is 1.10. The van der Waals surface area contributed by atoms with Gasteiger partial charge in [-0.1, -0.05) is 60.7 Å². The van der Waals surface area contributed by atoms with Crippen molar-refractivity contribution >= 4 is 17.8 Å². The van der Waals surface area contributed by atoms with E-state index in [9.17, 15) is 14.4 Å². The van der Waals surface area contributed by atoms with E-state index < -0.39 is 0 Å². The summed E-state index contributed by atoms with van der Waals surface area (Å²) in [7, 11) is 0. The van der Waals surface area contributed by atoms with Crippen LogP contribution in [0.1, 0.15) is 18.7 Å². The minimum atomic E-state index is -0.381. The smallest absolute Gasteiger partial charge is 0.324 e. The van der Waals surface area contributed by atoms with Gasteiger partial charge in [-0.05, 0) is 6.42 Å². The van der Waals surface area contributed by atoms with E-state index in [1.807, 2.05) is 60.7 Å². The number of nitrogens with zero attached hydrogens (tertiary/aromatic N) is 2. The number of rotatable bonds is 9. The van der Waals surface area contributed by atoms with Gasteiger partial charge in [0.1, 0.15) is 5.69 Å². The fourth-order valence-corrected chi connectivity index (χ4v) is 3.50. The molecule has 0 unspecified atom stereocenters. The summed E-state index contributed by atoms with van der Waals surface area (Å²) in [5, 5.41) is 5.28. The van der Waals surface area contributed by atoms with Crippen LogP contribution in [0.25, 0.3) is 22.6 Å². The lowest BCUT2D eigenvalue weighted by molar-refractivity contribution is -0.125. The molecule has 164 valence electrons. The Morgan fingerprint density at radius 3 is 2.38 bits per heavy atom. The Morgan fingerprint density at radius 2 is 1.72 bits per heavy atom. The van der Waals surface area contributed by atoms with E-state index in [4.69, 9.17) is 4.42 Å². The first kappa shape index (κ1) is 21.3. The standard InChI is InChI=1S/C24H24N4O4/c29-19(25-14-7-15-28-21(30)16-26-24(28)31)12-13-20-27-22(17-8-3-1-4-9-17)23(32-20)18-10-5-2-6-11-18/h1-6,8-11H,7,12-16H2,(H,25,29)(H,26,31). The molecular weight excluding hydrogens is 408 g/mol. The number of benzene rings is 2. The van der Waals surface area contributed by atoms with Crippen LogP contribution in [0.3, 0.4) is 0 Å². The Morgan fingerprint density at radius 1 is 1.03 bits per heavy atom. The molecule has 1 aromatic heterocycles. The maximum atomic E-state index is 12.2. The number of carbonyl (C=O) groups excluding carboxylic acids is 3. The first-order chi connectivity index (χ1) is 15.6. The van der Waals surface area contributed by atoms with Gasteiger partial charge in [0.25, 0.3) is 0 Å². The highest BCUT2D eigenvalue weighted by Gasteiger charge is 2.27. The Bertz CT molecular complexity index is 1020. The van der Waals surface area contributed by atoms with E-state index in [0.717, 1.165) is 21.7 Å². The van der Waals surface area contributed by atoms with Gasteiger partial charge >= 0.3 is 6.03 Å². The molecule has 2 N–H and O–H groups in total. The lowest BCUT2D eigenvalue weighted by atomic mass is 10.1. The predicted octanol–water partition coefficient (Wildman–Crippen LogP) is 3.00. The highest BCUT2D eigenvalue weighted by atomic mass is 16.4. The monoisotopic (exact) mass is 432 g/mol. The third kappa shape index (κ3) is 5.03. The highest BCUT2D eigenvalue weighted by Crippen LogP contribution is 2.32. The van der Waals surface area contributed by atoms with Crippen LogP contribution in [0.5, 0.6) is 0 Å². The largest absolute Gasteiger partial charge is 0.440 e. The van der Waals surface area contributed by atoms with Gasteiger partial charge in [0.15, 0.2) is 11.7 Å². The number of amides is 4. The van der Waals surface area contributed by atoms with E-state index in [-0.39, 0.29) is 37.4 Å². The molecule has 2 heterocycles. The molecule has 4 rings (SSSR count). The van der Waals surface area contributed by atoms with E-state index in [2.05, 4.69) is 15.6 Å². The van der Waals surface area contributed by atoms with Crippen LogP contribution in [0.15, 0.2) is 65.1 Å². The molecule has 2 aromatic carbocycles. The summed E-state index contributed by atoms with van der Waals surface area (Å²) in [5.74, 6) is 0.800. The SMILES string of the molecule is O=C(CCc1nc(-c2ccccc2)c(-c2ccccc2)o1)NCCCN1C(=O)CNC1=O. The fourth-order valence-electron chi connectivity index (χ4n) is 3.50. The summed E-state index contributed by atoms with van der Waals surface area (Å²) < 4.78 is 6.04. The molecule has 4 amide bonds. The average molecular weight is 432 g/mol. The van der Waals surface area contributed by atoms with Crippen molar-refractivity contribution in [3.63, 3.8) is 0 Å². The van der Waals surface area contributed by atoms with Gasteiger partial charge in [-0.2, -0.15) is 0 Å². The third-order valence-corrected chi connectivity index (χ3v) is 5.14. The summed E-state index contributed by atoms with van der Waals surface area (Å²) in [6.45, 7) is 0.703. The zero-order valence-electron chi connectivity index (χ0n) is 17.5. The molecule has 1 saturated heterocycles. The van der Waals surface area contributed by atoms with Gasteiger partial charge in [-0.25, -0.2) is 9.78 Å². The van der Waals surface area contributed by atoms with Crippen LogP contribution in [-0.2, 0) is 16.0 Å². The molecule has 8 heteroatoms. The molecule has 1 aliphatic rings. The zero-order valence-corrected chi connectivity index (χ0v) is 17.5. The highest BCUT2D eigenvalue weighted by molar-refractivity contribution is 6.01. The van der Waals surface area contributed by atoms with Crippen molar-refractivity contribution in [2.45, 2.75) is 19.3 Å². The van der Waals surface area contributed by atoms with Crippen LogP contribution >= 0.6 is 0 Å². The molecule has 0 bridgehead atoms. The lowest BCUT2D eigenvalue weighted by Crippen LogP contribution is -2.34. The van der Waals surface area contributed by atoms with Gasteiger partial charge in [-0.3, -0.25) is 14.5 Å². The predicted molar refractivity (Wildman–Crippen MR) is 118 cm³/mol. The number of aryl methyl sites for hydroxylation is 1. The number of hydrogen-bond acceptors (Lipinski definition) is 5. The minimum Gasteiger partial charge on any atom is -0.440 e. The average Bonchev–Trinajstić information content (AvgIpc) is 3.40. The van der Waals surface area contributed by atoms with Gasteiger partial charge in [0.05, 0.1) is 6.54 Å². The summed E-state index contributed by atoms with van der Waals surface area (Å²) in [6, 6.07) is 19.2. The summed E-state index contributed by atoms with van der Waals surface area (Å²) >= 11 is 0. The lowest BCUT2D eigenvalue weighted by Gasteiger charge is -2.12. The fraction of sp³-hybridized carbons (Fsp3) is 0.250. The van der Waals surface area contributed by atoms with Crippen molar-refractivity contribution in [2.75, 3.05) is 19.6 Å². The van der Waals surface area contributed by atoms with Crippen molar-refractivity contribution in [1.82, 2.24) is 20.5 Å². The number of hydrogen-bond donors (Lipinski definition) is 2. The van der Waals surface area contributed by atoms with E-state index in [1.165, 1.54) is 0 Å². The third-order valence-electron chi connectivity index (χ3n) is 5.14. The van der Waals surface area contributed by atoms with Gasteiger partial charge in [-0.15, -0.1) is 0 Å². The molecule has 0 radical (unpaired) electrons. The Kier molecular flexibility index (Phi) is 6.60. The second-order valence-corrected chi connectivity index (χ2v) is 7.42. The van der Waals surface area contributed by atoms with Crippen molar-refractivity contribution in [1.29, 1.82) is 0 Å². The number of urea groups is 1. The maximum absolute atomic E-state index is 12.2. The van der Waals surface area contributed by atoms with Gasteiger partial charge < -0.3 is 15.1 Å². The van der Waals surface area contributed by atoms with Crippen LogP contribution < -0.4 is 10.6 Å². The first-order valence-electron chi connectivity index (χ1n) is 10.6. The molecule has 32 heavy (non-hydrogen) atoms. The van der Waals surface area contributed by atoms with Gasteiger partial charge in [0.2, 0.25) is 11.8 Å². The Labute approximate surface area is 185 Å². The molecule has 0 saturated carbocycles. The molecule has 8 nitrogen and oxygen atoms in total. The van der Waals surface area contributed by atoms with Crippen molar-refractivity contribution < 1.29 is 18.8 Å². The van der Waals surface area contributed by atoms with E-state index >= 15 is 0 Å². The number of carbonyl (C=O) groups is 3. The van der Waals surface area contributed by atoms with Crippen molar-refractivity contribution in [2.24, 2.45) is 0 Å². The van der Waals surface area contributed by atoms with Crippen molar-refractivity contribution in [3.8, 4) is 22.6 Å². The summed E-state index contributed by atoms with van der Waals surface area (Å²) in [5.41, 5.74) is 2.63. The molecule has 3 aromatic rings. The number of imide groups is 1. The molecule has 0 spiro atoms. The number of nitrogens with one attached hydrogen (secondary N) is 2. The van der Waals surface area contributed by atoms with Crippen molar-refractivity contribution in [3.05, 3.63) is 66.6 Å². The Hall–Kier alpha value is -3.94. The molecule has 0 atom stereocenters. The van der Waals surface area contributed by atoms with E-state index in [1.54, 1.807) is 0 Å². The van der Waals surface area contributed by atoms with E-state index in [0.29, 0.717) is 31.0 Å². The van der Waals surface area contributed by atoms with Crippen LogP contribution in [0.2, 0.25) is 0 Å². The second-order valence-electron chi connectivity index (χ2n) is 7.42. The topological polar surface area (TPSA) is 105 Å². The zero-order chi connectivity index (χ0) is 22.3. The molecule has 1 aliphatic heterocycles. The van der Waals surface area contributed by atoms with Crippen LogP contribution in [0.4, 0.5) is 4.79 Å².